The second kappa shape index (κ2) is 9.16. The van der Waals surface area contributed by atoms with E-state index in [0.29, 0.717) is 13.2 Å². The van der Waals surface area contributed by atoms with Crippen molar-refractivity contribution in [2.24, 2.45) is 0 Å². The third-order valence-electron chi connectivity index (χ3n) is 6.41. The number of ether oxygens (including phenoxy) is 2. The predicted molar refractivity (Wildman–Crippen MR) is 124 cm³/mol. The van der Waals surface area contributed by atoms with Gasteiger partial charge in [-0.15, -0.1) is 0 Å². The Morgan fingerprint density at radius 2 is 1.47 bits per heavy atom. The number of rotatable bonds is 6. The number of nitrogens with zero attached hydrogens (tertiary/aromatic N) is 3. The summed E-state index contributed by atoms with van der Waals surface area (Å²) in [5, 5.41) is 0. The van der Waals surface area contributed by atoms with Gasteiger partial charge in [0, 0.05) is 43.7 Å². The second-order valence-electron chi connectivity index (χ2n) is 8.46. The molecule has 1 fully saturated rings. The van der Waals surface area contributed by atoms with Crippen LogP contribution in [0.2, 0.25) is 0 Å². The van der Waals surface area contributed by atoms with Crippen molar-refractivity contribution in [2.75, 3.05) is 57.4 Å². The van der Waals surface area contributed by atoms with Crippen LogP contribution in [0.3, 0.4) is 0 Å². The van der Waals surface area contributed by atoms with Crippen molar-refractivity contribution >= 4 is 21.6 Å². The molecule has 0 aliphatic carbocycles. The summed E-state index contributed by atoms with van der Waals surface area (Å²) in [5.41, 5.74) is 4.18. The molecule has 30 heavy (non-hydrogen) atoms. The van der Waals surface area contributed by atoms with Gasteiger partial charge in [-0.1, -0.05) is 40.2 Å². The Labute approximate surface area is 187 Å². The number of piperazine rings is 1. The van der Waals surface area contributed by atoms with E-state index < -0.39 is 0 Å². The van der Waals surface area contributed by atoms with E-state index in [2.05, 4.69) is 61.0 Å². The number of benzene rings is 2. The topological polar surface area (TPSA) is 28.2 Å². The van der Waals surface area contributed by atoms with Crippen molar-refractivity contribution in [1.29, 1.82) is 0 Å². The Morgan fingerprint density at radius 3 is 2.20 bits per heavy atom. The molecule has 0 saturated carbocycles. The van der Waals surface area contributed by atoms with E-state index in [9.17, 15) is 0 Å². The number of hydrogen-bond donors (Lipinski definition) is 0. The van der Waals surface area contributed by atoms with Gasteiger partial charge in [0.2, 0.25) is 0 Å². The van der Waals surface area contributed by atoms with Crippen LogP contribution in [0.15, 0.2) is 40.9 Å². The molecule has 6 heteroatoms. The molecular weight excluding hydrogens is 442 g/mol. The fraction of sp³-hybridized carbons (Fsp3) is 0.500. The maximum atomic E-state index is 5.94. The van der Waals surface area contributed by atoms with Crippen molar-refractivity contribution in [3.05, 3.63) is 52.0 Å². The number of fused-ring (bicyclic) bond motifs is 2. The van der Waals surface area contributed by atoms with E-state index in [1.54, 1.807) is 0 Å². The summed E-state index contributed by atoms with van der Waals surface area (Å²) in [6, 6.07) is 13.0. The lowest BCUT2D eigenvalue weighted by atomic mass is 10.1. The molecule has 0 bridgehead atoms. The summed E-state index contributed by atoms with van der Waals surface area (Å²) in [5.74, 6) is 1.77. The second-order valence-corrected chi connectivity index (χ2v) is 9.38. The van der Waals surface area contributed by atoms with Crippen LogP contribution in [-0.4, -0.2) is 62.3 Å². The number of anilines is 1. The van der Waals surface area contributed by atoms with Crippen LogP contribution < -0.4 is 14.4 Å². The third-order valence-corrected chi connectivity index (χ3v) is 6.86. The molecule has 1 saturated heterocycles. The molecule has 5 nitrogen and oxygen atoms in total. The fourth-order valence-electron chi connectivity index (χ4n) is 4.78. The van der Waals surface area contributed by atoms with E-state index in [-0.39, 0.29) is 0 Å². The first-order valence-electron chi connectivity index (χ1n) is 11.1. The largest absolute Gasteiger partial charge is 0.486 e. The molecule has 0 N–H and O–H groups in total. The molecule has 0 atom stereocenters. The molecule has 0 aromatic heterocycles. The average molecular weight is 472 g/mol. The fourth-order valence-corrected chi connectivity index (χ4v) is 5.21. The molecule has 5 rings (SSSR count). The third kappa shape index (κ3) is 4.46. The summed E-state index contributed by atoms with van der Waals surface area (Å²) in [6.45, 7) is 10.2. The minimum atomic E-state index is 0.625. The molecule has 0 amide bonds. The van der Waals surface area contributed by atoms with E-state index in [1.807, 2.05) is 6.07 Å². The quantitative estimate of drug-likeness (QED) is 0.590. The van der Waals surface area contributed by atoms with Gasteiger partial charge in [0.25, 0.3) is 0 Å². The Kier molecular flexibility index (Phi) is 6.16. The van der Waals surface area contributed by atoms with Gasteiger partial charge >= 0.3 is 0 Å². The van der Waals surface area contributed by atoms with Gasteiger partial charge in [0.15, 0.2) is 11.5 Å². The van der Waals surface area contributed by atoms with Crippen molar-refractivity contribution in [3.63, 3.8) is 0 Å². The molecular formula is C24H30BrN3O2. The zero-order valence-corrected chi connectivity index (χ0v) is 19.1. The summed E-state index contributed by atoms with van der Waals surface area (Å²) in [7, 11) is 0. The predicted octanol–water partition coefficient (Wildman–Crippen LogP) is 4.14. The van der Waals surface area contributed by atoms with E-state index in [1.165, 1.54) is 37.1 Å². The first-order chi connectivity index (χ1) is 14.8. The maximum Gasteiger partial charge on any atom is 0.184 e. The molecule has 0 unspecified atom stereocenters. The van der Waals surface area contributed by atoms with Crippen LogP contribution in [-0.2, 0) is 13.1 Å². The standard InChI is InChI=1S/C24H30BrN3O2/c25-21-15-22(24-23(16-21)29-13-14-30-24)28-11-9-26(10-12-28)7-3-4-8-27-17-19-5-1-2-6-20(19)18-27/h1-2,5-6,15-16H,3-4,7-14,17-18H2. The SMILES string of the molecule is Brc1cc2c(c(N3CCN(CCCCN4Cc5ccccc5C4)CC3)c1)OCCO2. The number of hydrogen-bond acceptors (Lipinski definition) is 5. The summed E-state index contributed by atoms with van der Waals surface area (Å²) in [6.07, 6.45) is 2.55. The first-order valence-corrected chi connectivity index (χ1v) is 11.9. The van der Waals surface area contributed by atoms with Crippen LogP contribution >= 0.6 is 15.9 Å². The normalized spacial score (nSPS) is 19.2. The Balaban J connectivity index is 1.06. The highest BCUT2D eigenvalue weighted by Gasteiger charge is 2.24. The van der Waals surface area contributed by atoms with E-state index >= 15 is 0 Å². The van der Waals surface area contributed by atoms with Gasteiger partial charge in [-0.05, 0) is 49.2 Å². The van der Waals surface area contributed by atoms with Crippen LogP contribution in [0.25, 0.3) is 0 Å². The summed E-state index contributed by atoms with van der Waals surface area (Å²) in [4.78, 5) is 7.63. The van der Waals surface area contributed by atoms with Crippen LogP contribution in [0.1, 0.15) is 24.0 Å². The smallest absolute Gasteiger partial charge is 0.184 e. The van der Waals surface area contributed by atoms with Crippen molar-refractivity contribution in [2.45, 2.75) is 25.9 Å². The Bertz CT molecular complexity index is 858. The molecule has 3 aliphatic heterocycles. The van der Waals surface area contributed by atoms with Gasteiger partial charge in [0.1, 0.15) is 13.2 Å². The van der Waals surface area contributed by atoms with Crippen molar-refractivity contribution in [3.8, 4) is 11.5 Å². The average Bonchev–Trinajstić information content (AvgIpc) is 3.19. The molecule has 2 aromatic rings. The van der Waals surface area contributed by atoms with E-state index in [4.69, 9.17) is 9.47 Å². The maximum absolute atomic E-state index is 5.94. The van der Waals surface area contributed by atoms with Gasteiger partial charge in [0.05, 0.1) is 5.69 Å². The molecule has 3 aliphatic rings. The zero-order valence-electron chi connectivity index (χ0n) is 17.5. The lowest BCUT2D eigenvalue weighted by Crippen LogP contribution is -2.47. The lowest BCUT2D eigenvalue weighted by Gasteiger charge is -2.37. The van der Waals surface area contributed by atoms with E-state index in [0.717, 1.165) is 60.9 Å². The van der Waals surface area contributed by atoms with Crippen LogP contribution in [0, 0.1) is 0 Å². The molecule has 0 radical (unpaired) electrons. The van der Waals surface area contributed by atoms with Crippen LogP contribution in [0.5, 0.6) is 11.5 Å². The molecule has 160 valence electrons. The molecule has 3 heterocycles. The van der Waals surface area contributed by atoms with Gasteiger partial charge in [-0.2, -0.15) is 0 Å². The van der Waals surface area contributed by atoms with Gasteiger partial charge in [-0.25, -0.2) is 0 Å². The van der Waals surface area contributed by atoms with Gasteiger partial charge in [-0.3, -0.25) is 9.80 Å². The summed E-state index contributed by atoms with van der Waals surface area (Å²) < 4.78 is 12.8. The lowest BCUT2D eigenvalue weighted by molar-refractivity contribution is 0.171. The molecule has 2 aromatic carbocycles. The van der Waals surface area contributed by atoms with Crippen LogP contribution in [0.4, 0.5) is 5.69 Å². The number of halogens is 1. The van der Waals surface area contributed by atoms with Gasteiger partial charge < -0.3 is 14.4 Å². The highest BCUT2D eigenvalue weighted by molar-refractivity contribution is 9.10. The minimum Gasteiger partial charge on any atom is -0.486 e. The Hall–Kier alpha value is -1.76. The highest BCUT2D eigenvalue weighted by atomic mass is 79.9. The van der Waals surface area contributed by atoms with Crippen molar-refractivity contribution < 1.29 is 9.47 Å². The first kappa shape index (κ1) is 20.2. The highest BCUT2D eigenvalue weighted by Crippen LogP contribution is 2.42. The zero-order chi connectivity index (χ0) is 20.3. The Morgan fingerprint density at radius 1 is 0.800 bits per heavy atom. The summed E-state index contributed by atoms with van der Waals surface area (Å²) >= 11 is 3.62. The monoisotopic (exact) mass is 471 g/mol. The number of unbranched alkanes of at least 4 members (excludes halogenated alkanes) is 1. The van der Waals surface area contributed by atoms with Crippen molar-refractivity contribution in [1.82, 2.24) is 9.80 Å². The molecule has 0 spiro atoms. The minimum absolute atomic E-state index is 0.625.